The lowest BCUT2D eigenvalue weighted by Gasteiger charge is -2.33. The fraction of sp³-hybridized carbons (Fsp3) is 0.412. The predicted molar refractivity (Wildman–Crippen MR) is 96.9 cm³/mol. The van der Waals surface area contributed by atoms with Gasteiger partial charge in [0.15, 0.2) is 0 Å². The molecular formula is C17H23N3O8. The van der Waals surface area contributed by atoms with Crippen molar-refractivity contribution in [2.45, 2.75) is 12.5 Å². The molecule has 1 aromatic rings. The topological polar surface area (TPSA) is 182 Å². The minimum Gasteiger partial charge on any atom is -0.480 e. The third kappa shape index (κ3) is 8.96. The molecule has 0 saturated heterocycles. The fourth-order valence-corrected chi connectivity index (χ4v) is 2.76. The van der Waals surface area contributed by atoms with Gasteiger partial charge in [0.1, 0.15) is 0 Å². The van der Waals surface area contributed by atoms with E-state index < -0.39 is 56.1 Å². The third-order valence-corrected chi connectivity index (χ3v) is 3.83. The van der Waals surface area contributed by atoms with Gasteiger partial charge in [-0.15, -0.1) is 0 Å². The number of carbonyl (C=O) groups is 4. The molecular weight excluding hydrogens is 374 g/mol. The lowest BCUT2D eigenvalue weighted by atomic mass is 10.0. The van der Waals surface area contributed by atoms with Gasteiger partial charge in [-0.05, 0) is 24.1 Å². The van der Waals surface area contributed by atoms with Crippen LogP contribution in [0.2, 0.25) is 0 Å². The Morgan fingerprint density at radius 2 is 1.21 bits per heavy atom. The molecule has 0 bridgehead atoms. The quantitative estimate of drug-likeness (QED) is 0.261. The first-order valence-electron chi connectivity index (χ1n) is 8.24. The van der Waals surface area contributed by atoms with Crippen molar-refractivity contribution in [1.29, 1.82) is 0 Å². The summed E-state index contributed by atoms with van der Waals surface area (Å²) in [7, 11) is 0. The molecule has 0 unspecified atom stereocenters. The summed E-state index contributed by atoms with van der Waals surface area (Å²) in [6.45, 7) is -2.51. The van der Waals surface area contributed by atoms with Crippen LogP contribution in [0.15, 0.2) is 24.3 Å². The van der Waals surface area contributed by atoms with Crippen LogP contribution in [0, 0.1) is 0 Å². The van der Waals surface area contributed by atoms with E-state index >= 15 is 0 Å². The number of hydrogen-bond donors (Lipinski definition) is 5. The maximum absolute atomic E-state index is 11.2. The highest BCUT2D eigenvalue weighted by atomic mass is 16.4. The van der Waals surface area contributed by atoms with Crippen molar-refractivity contribution >= 4 is 29.6 Å². The Morgan fingerprint density at radius 3 is 1.61 bits per heavy atom. The van der Waals surface area contributed by atoms with Gasteiger partial charge >= 0.3 is 23.9 Å². The van der Waals surface area contributed by atoms with E-state index in [9.17, 15) is 19.2 Å². The van der Waals surface area contributed by atoms with Crippen molar-refractivity contribution in [2.24, 2.45) is 0 Å². The summed E-state index contributed by atoms with van der Waals surface area (Å²) in [6.07, 6.45) is 0.177. The number of benzene rings is 1. The molecule has 0 aliphatic rings. The van der Waals surface area contributed by atoms with Crippen LogP contribution in [0.1, 0.15) is 5.56 Å². The van der Waals surface area contributed by atoms with Gasteiger partial charge in [0, 0.05) is 18.3 Å². The minimum atomic E-state index is -1.26. The zero-order chi connectivity index (χ0) is 21.3. The molecule has 0 aromatic heterocycles. The average molecular weight is 397 g/mol. The molecule has 0 heterocycles. The monoisotopic (exact) mass is 397 g/mol. The van der Waals surface area contributed by atoms with E-state index in [1.165, 1.54) is 0 Å². The number of nitrogens with two attached hydrogens (primary N) is 1. The summed E-state index contributed by atoms with van der Waals surface area (Å²) in [4.78, 5) is 46.7. The maximum atomic E-state index is 11.2. The van der Waals surface area contributed by atoms with E-state index in [1.54, 1.807) is 24.3 Å². The highest BCUT2D eigenvalue weighted by molar-refractivity contribution is 5.73. The van der Waals surface area contributed by atoms with Crippen molar-refractivity contribution in [3.05, 3.63) is 29.8 Å². The van der Waals surface area contributed by atoms with E-state index in [2.05, 4.69) is 0 Å². The Hall–Kier alpha value is -3.18. The number of nitrogen functional groups attached to an aromatic ring is 1. The van der Waals surface area contributed by atoms with Gasteiger partial charge in [0.2, 0.25) is 0 Å². The summed E-state index contributed by atoms with van der Waals surface area (Å²) in [5.74, 6) is -5.02. The van der Waals surface area contributed by atoms with Crippen molar-refractivity contribution in [3.8, 4) is 0 Å². The largest absolute Gasteiger partial charge is 0.480 e. The number of aliphatic carboxylic acids is 4. The molecule has 28 heavy (non-hydrogen) atoms. The van der Waals surface area contributed by atoms with E-state index in [0.717, 1.165) is 9.80 Å². The summed E-state index contributed by atoms with van der Waals surface area (Å²) >= 11 is 0. The summed E-state index contributed by atoms with van der Waals surface area (Å²) in [6, 6.07) is 5.85. The third-order valence-electron chi connectivity index (χ3n) is 3.83. The van der Waals surface area contributed by atoms with Crippen molar-refractivity contribution in [2.75, 3.05) is 38.5 Å². The van der Waals surface area contributed by atoms with Crippen LogP contribution in [0.5, 0.6) is 0 Å². The highest BCUT2D eigenvalue weighted by Gasteiger charge is 2.27. The second-order valence-corrected chi connectivity index (χ2v) is 6.25. The molecule has 0 spiro atoms. The molecule has 11 heteroatoms. The Bertz CT molecular complexity index is 675. The molecule has 0 aliphatic carbocycles. The van der Waals surface area contributed by atoms with E-state index in [4.69, 9.17) is 26.2 Å². The summed E-state index contributed by atoms with van der Waals surface area (Å²) in [5, 5.41) is 36.3. The SMILES string of the molecule is Nc1ccc(C[C@H](CN(CC(=O)O)CC(=O)O)N(CC(=O)O)CC(=O)O)cc1. The second-order valence-electron chi connectivity index (χ2n) is 6.25. The minimum absolute atomic E-state index is 0.149. The van der Waals surface area contributed by atoms with Gasteiger partial charge in [-0.25, -0.2) is 0 Å². The van der Waals surface area contributed by atoms with E-state index in [1.807, 2.05) is 0 Å². The predicted octanol–water partition coefficient (Wildman–Crippen LogP) is -0.878. The van der Waals surface area contributed by atoms with Crippen LogP contribution < -0.4 is 5.73 Å². The summed E-state index contributed by atoms with van der Waals surface area (Å²) < 4.78 is 0. The second kappa shape index (κ2) is 10.8. The first-order chi connectivity index (χ1) is 13.1. The maximum Gasteiger partial charge on any atom is 0.317 e. The fourth-order valence-electron chi connectivity index (χ4n) is 2.76. The Kier molecular flexibility index (Phi) is 8.85. The molecule has 0 aliphatic heterocycles. The van der Waals surface area contributed by atoms with Crippen molar-refractivity contribution < 1.29 is 39.6 Å². The number of carboxylic acid groups (broad SMARTS) is 4. The molecule has 0 saturated carbocycles. The molecule has 154 valence electrons. The van der Waals surface area contributed by atoms with Gasteiger partial charge in [-0.3, -0.25) is 29.0 Å². The standard InChI is InChI=1S/C17H23N3O8/c18-12-3-1-11(2-4-12)5-13(20(9-16(25)26)10-17(27)28)6-19(7-14(21)22)8-15(23)24/h1-4,13H,5-10,18H2,(H,21,22)(H,23,24)(H,25,26)(H,27,28)/t13-/m1/s1. The van der Waals surface area contributed by atoms with Gasteiger partial charge in [0.05, 0.1) is 26.2 Å². The first kappa shape index (κ1) is 22.9. The zero-order valence-corrected chi connectivity index (χ0v) is 15.0. The van der Waals surface area contributed by atoms with Crippen LogP contribution in [-0.2, 0) is 25.6 Å². The lowest BCUT2D eigenvalue weighted by Crippen LogP contribution is -2.50. The Morgan fingerprint density at radius 1 is 0.786 bits per heavy atom. The molecule has 11 nitrogen and oxygen atoms in total. The van der Waals surface area contributed by atoms with Crippen molar-refractivity contribution in [1.82, 2.24) is 9.80 Å². The molecule has 0 amide bonds. The number of rotatable bonds is 13. The number of hydrogen-bond acceptors (Lipinski definition) is 7. The van der Waals surface area contributed by atoms with E-state index in [0.29, 0.717) is 11.3 Å². The first-order valence-corrected chi connectivity index (χ1v) is 8.24. The van der Waals surface area contributed by atoms with E-state index in [-0.39, 0.29) is 13.0 Å². The van der Waals surface area contributed by atoms with Crippen LogP contribution in [0.3, 0.4) is 0 Å². The number of carboxylic acids is 4. The molecule has 0 radical (unpaired) electrons. The van der Waals surface area contributed by atoms with Gasteiger partial charge in [0.25, 0.3) is 0 Å². The van der Waals surface area contributed by atoms with Crippen LogP contribution >= 0.6 is 0 Å². The zero-order valence-electron chi connectivity index (χ0n) is 15.0. The molecule has 0 fully saturated rings. The van der Waals surface area contributed by atoms with Gasteiger partial charge < -0.3 is 26.2 Å². The van der Waals surface area contributed by atoms with Gasteiger partial charge in [-0.2, -0.15) is 0 Å². The molecule has 1 atom stereocenters. The average Bonchev–Trinajstić information content (AvgIpc) is 2.53. The molecule has 6 N–H and O–H groups in total. The summed E-state index contributed by atoms with van der Waals surface area (Å²) in [5.41, 5.74) is 6.85. The van der Waals surface area contributed by atoms with Crippen molar-refractivity contribution in [3.63, 3.8) is 0 Å². The Labute approximate surface area is 160 Å². The number of anilines is 1. The lowest BCUT2D eigenvalue weighted by molar-refractivity contribution is -0.146. The van der Waals surface area contributed by atoms with Crippen LogP contribution in [0.25, 0.3) is 0 Å². The Balaban J connectivity index is 3.15. The number of nitrogens with zero attached hydrogens (tertiary/aromatic N) is 2. The smallest absolute Gasteiger partial charge is 0.317 e. The normalized spacial score (nSPS) is 12.1. The highest BCUT2D eigenvalue weighted by Crippen LogP contribution is 2.13. The molecule has 1 rings (SSSR count). The van der Waals surface area contributed by atoms with Crippen LogP contribution in [0.4, 0.5) is 5.69 Å². The molecule has 1 aromatic carbocycles. The van der Waals surface area contributed by atoms with Crippen LogP contribution in [-0.4, -0.2) is 92.9 Å². The van der Waals surface area contributed by atoms with Gasteiger partial charge in [-0.1, -0.05) is 12.1 Å².